The lowest BCUT2D eigenvalue weighted by Gasteiger charge is -2.33. The number of nitrogens with zero attached hydrogens (tertiary/aromatic N) is 5. The van der Waals surface area contributed by atoms with Crippen LogP contribution in [0.2, 0.25) is 0 Å². The van der Waals surface area contributed by atoms with Crippen molar-refractivity contribution in [2.75, 3.05) is 50.6 Å². The van der Waals surface area contributed by atoms with Crippen LogP contribution in [0.15, 0.2) is 42.7 Å². The third kappa shape index (κ3) is 3.39. The van der Waals surface area contributed by atoms with Crippen LogP contribution in [0.5, 0.6) is 5.75 Å². The summed E-state index contributed by atoms with van der Waals surface area (Å²) in [5.41, 5.74) is 1.92. The average Bonchev–Trinajstić information content (AvgIpc) is 2.69. The molecule has 3 aromatic rings. The number of nitrogens with one attached hydrogen (secondary N) is 1. The van der Waals surface area contributed by atoms with Gasteiger partial charge < -0.3 is 19.9 Å². The second-order valence-corrected chi connectivity index (χ2v) is 6.41. The van der Waals surface area contributed by atoms with Crippen LogP contribution in [-0.2, 0) is 0 Å². The van der Waals surface area contributed by atoms with Gasteiger partial charge in [0, 0.05) is 37.8 Å². The first-order chi connectivity index (χ1) is 12.7. The first-order valence-electron chi connectivity index (χ1n) is 8.69. The Hall–Kier alpha value is -2.93. The van der Waals surface area contributed by atoms with E-state index in [9.17, 15) is 0 Å². The van der Waals surface area contributed by atoms with Crippen molar-refractivity contribution in [3.05, 3.63) is 42.7 Å². The van der Waals surface area contributed by atoms with Gasteiger partial charge >= 0.3 is 0 Å². The number of likely N-dealkylation sites (N-methyl/N-ethyl adjacent to an activating group) is 1. The normalized spacial score (nSPS) is 15.2. The lowest BCUT2D eigenvalue weighted by molar-refractivity contribution is 0.313. The van der Waals surface area contributed by atoms with Crippen LogP contribution in [0.1, 0.15) is 0 Å². The molecular formula is C19H22N6O. The Balaban J connectivity index is 1.51. The summed E-state index contributed by atoms with van der Waals surface area (Å²) >= 11 is 0. The molecule has 0 radical (unpaired) electrons. The molecule has 1 N–H and O–H groups in total. The standard InChI is InChI=1S/C19H22N6O/c1-24-8-10-25(11-9-24)15-6-7-17(20-13-15)22-19-21-12-14-4-3-5-16(26-2)18(14)23-19/h3-7,12-13H,8-11H2,1-2H3,(H,20,21,22,23). The molecule has 0 spiro atoms. The summed E-state index contributed by atoms with van der Waals surface area (Å²) in [6.07, 6.45) is 3.68. The number of benzene rings is 1. The fourth-order valence-electron chi connectivity index (χ4n) is 3.08. The Morgan fingerprint density at radius 2 is 1.85 bits per heavy atom. The van der Waals surface area contributed by atoms with E-state index in [1.165, 1.54) is 0 Å². The average molecular weight is 350 g/mol. The summed E-state index contributed by atoms with van der Waals surface area (Å²) in [5, 5.41) is 4.11. The number of rotatable bonds is 4. The predicted molar refractivity (Wildman–Crippen MR) is 103 cm³/mol. The minimum absolute atomic E-state index is 0.502. The van der Waals surface area contributed by atoms with Gasteiger partial charge in [-0.3, -0.25) is 0 Å². The maximum absolute atomic E-state index is 5.38. The molecular weight excluding hydrogens is 328 g/mol. The van der Waals surface area contributed by atoms with Gasteiger partial charge in [-0.05, 0) is 25.2 Å². The maximum atomic E-state index is 5.38. The number of hydrogen-bond donors (Lipinski definition) is 1. The second-order valence-electron chi connectivity index (χ2n) is 6.41. The number of piperazine rings is 1. The van der Waals surface area contributed by atoms with Gasteiger partial charge in [0.1, 0.15) is 17.1 Å². The first-order valence-corrected chi connectivity index (χ1v) is 8.69. The summed E-state index contributed by atoms with van der Waals surface area (Å²) in [6.45, 7) is 4.20. The topological polar surface area (TPSA) is 66.4 Å². The molecule has 4 rings (SSSR count). The smallest absolute Gasteiger partial charge is 0.229 e. The van der Waals surface area contributed by atoms with Crippen molar-refractivity contribution in [3.8, 4) is 5.75 Å². The highest BCUT2D eigenvalue weighted by molar-refractivity contribution is 5.84. The van der Waals surface area contributed by atoms with E-state index in [2.05, 4.69) is 43.2 Å². The van der Waals surface area contributed by atoms with E-state index < -0.39 is 0 Å². The van der Waals surface area contributed by atoms with Crippen molar-refractivity contribution < 1.29 is 4.74 Å². The number of para-hydroxylation sites is 1. The van der Waals surface area contributed by atoms with Crippen molar-refractivity contribution in [2.24, 2.45) is 0 Å². The Morgan fingerprint density at radius 3 is 2.58 bits per heavy atom. The highest BCUT2D eigenvalue weighted by atomic mass is 16.5. The molecule has 1 aliphatic rings. The van der Waals surface area contributed by atoms with E-state index in [-0.39, 0.29) is 0 Å². The quantitative estimate of drug-likeness (QED) is 0.775. The van der Waals surface area contributed by atoms with E-state index in [1.54, 1.807) is 13.3 Å². The first kappa shape index (κ1) is 16.5. The third-order valence-electron chi connectivity index (χ3n) is 4.65. The Labute approximate surface area is 152 Å². The number of ether oxygens (including phenoxy) is 1. The fraction of sp³-hybridized carbons (Fsp3) is 0.316. The van der Waals surface area contributed by atoms with E-state index in [1.807, 2.05) is 30.5 Å². The lowest BCUT2D eigenvalue weighted by Crippen LogP contribution is -2.44. The molecule has 1 saturated heterocycles. The molecule has 1 aliphatic heterocycles. The number of hydrogen-bond acceptors (Lipinski definition) is 7. The molecule has 0 saturated carbocycles. The van der Waals surface area contributed by atoms with E-state index >= 15 is 0 Å². The van der Waals surface area contributed by atoms with Crippen molar-refractivity contribution in [1.82, 2.24) is 19.9 Å². The predicted octanol–water partition coefficient (Wildman–Crippen LogP) is 2.53. The van der Waals surface area contributed by atoms with E-state index in [0.29, 0.717) is 5.95 Å². The summed E-state index contributed by atoms with van der Waals surface area (Å²) in [7, 11) is 3.80. The van der Waals surface area contributed by atoms with Crippen molar-refractivity contribution in [1.29, 1.82) is 0 Å². The van der Waals surface area contributed by atoms with Crippen LogP contribution in [0.25, 0.3) is 10.9 Å². The van der Waals surface area contributed by atoms with Gasteiger partial charge in [0.05, 0.1) is 19.0 Å². The maximum Gasteiger partial charge on any atom is 0.229 e. The summed E-state index contributed by atoms with van der Waals surface area (Å²) in [5.74, 6) is 1.95. The molecule has 1 aromatic carbocycles. The van der Waals surface area contributed by atoms with Crippen LogP contribution in [0.4, 0.5) is 17.5 Å². The van der Waals surface area contributed by atoms with Gasteiger partial charge in [0.15, 0.2) is 0 Å². The summed E-state index contributed by atoms with van der Waals surface area (Å²) in [4.78, 5) is 18.1. The number of fused-ring (bicyclic) bond motifs is 1. The molecule has 0 bridgehead atoms. The van der Waals surface area contributed by atoms with Gasteiger partial charge in [0.2, 0.25) is 5.95 Å². The van der Waals surface area contributed by atoms with Crippen LogP contribution < -0.4 is 15.0 Å². The van der Waals surface area contributed by atoms with Gasteiger partial charge in [-0.25, -0.2) is 15.0 Å². The molecule has 7 nitrogen and oxygen atoms in total. The Morgan fingerprint density at radius 1 is 1.00 bits per heavy atom. The minimum atomic E-state index is 0.502. The molecule has 1 fully saturated rings. The van der Waals surface area contributed by atoms with Gasteiger partial charge in [-0.15, -0.1) is 0 Å². The van der Waals surface area contributed by atoms with Crippen molar-refractivity contribution in [2.45, 2.75) is 0 Å². The highest BCUT2D eigenvalue weighted by Crippen LogP contribution is 2.24. The zero-order valence-electron chi connectivity index (χ0n) is 15.0. The SMILES string of the molecule is COc1cccc2cnc(Nc3ccc(N4CCN(C)CC4)cn3)nc12. The largest absolute Gasteiger partial charge is 0.494 e. The third-order valence-corrected chi connectivity index (χ3v) is 4.65. The van der Waals surface area contributed by atoms with Crippen LogP contribution in [-0.4, -0.2) is 60.2 Å². The number of aromatic nitrogens is 3. The monoisotopic (exact) mass is 350 g/mol. The lowest BCUT2D eigenvalue weighted by atomic mass is 10.2. The molecule has 3 heterocycles. The molecule has 0 atom stereocenters. The zero-order chi connectivity index (χ0) is 17.9. The van der Waals surface area contributed by atoms with Gasteiger partial charge in [0.25, 0.3) is 0 Å². The molecule has 0 aliphatic carbocycles. The van der Waals surface area contributed by atoms with Crippen molar-refractivity contribution in [3.63, 3.8) is 0 Å². The van der Waals surface area contributed by atoms with Crippen LogP contribution in [0.3, 0.4) is 0 Å². The summed E-state index contributed by atoms with van der Waals surface area (Å²) in [6, 6.07) is 9.83. The number of methoxy groups -OCH3 is 1. The fourth-order valence-corrected chi connectivity index (χ4v) is 3.08. The van der Waals surface area contributed by atoms with Crippen molar-refractivity contribution >= 4 is 28.4 Å². The minimum Gasteiger partial charge on any atom is -0.494 e. The van der Waals surface area contributed by atoms with Gasteiger partial charge in [-0.2, -0.15) is 0 Å². The molecule has 0 amide bonds. The molecule has 26 heavy (non-hydrogen) atoms. The summed E-state index contributed by atoms with van der Waals surface area (Å²) < 4.78 is 5.38. The Kier molecular flexibility index (Phi) is 4.53. The van der Waals surface area contributed by atoms with E-state index in [0.717, 1.165) is 54.3 Å². The van der Waals surface area contributed by atoms with E-state index in [4.69, 9.17) is 4.74 Å². The molecule has 134 valence electrons. The molecule has 2 aromatic heterocycles. The molecule has 7 heteroatoms. The Bertz CT molecular complexity index is 890. The van der Waals surface area contributed by atoms with Crippen LogP contribution in [0, 0.1) is 0 Å². The highest BCUT2D eigenvalue weighted by Gasteiger charge is 2.14. The second kappa shape index (κ2) is 7.13. The number of pyridine rings is 1. The number of anilines is 3. The van der Waals surface area contributed by atoms with Crippen LogP contribution >= 0.6 is 0 Å². The van der Waals surface area contributed by atoms with Gasteiger partial charge in [-0.1, -0.05) is 12.1 Å². The molecule has 0 unspecified atom stereocenters. The zero-order valence-corrected chi connectivity index (χ0v) is 15.0.